The van der Waals surface area contributed by atoms with Crippen LogP contribution in [0.1, 0.15) is 26.3 Å². The first-order chi connectivity index (χ1) is 12.9. The van der Waals surface area contributed by atoms with Crippen LogP contribution in [-0.4, -0.2) is 52.7 Å². The van der Waals surface area contributed by atoms with Crippen LogP contribution in [-0.2, 0) is 4.74 Å². The van der Waals surface area contributed by atoms with Crippen molar-refractivity contribution in [2.24, 2.45) is 0 Å². The molecule has 0 N–H and O–H groups in total. The third-order valence-corrected chi connectivity index (χ3v) is 4.20. The van der Waals surface area contributed by atoms with Gasteiger partial charge in [-0.15, -0.1) is 0 Å². The minimum absolute atomic E-state index is 0.284. The number of aromatic nitrogens is 2. The molecule has 1 saturated heterocycles. The van der Waals surface area contributed by atoms with Crippen molar-refractivity contribution < 1.29 is 9.53 Å². The Kier molecular flexibility index (Phi) is 5.26. The second-order valence-electron chi connectivity index (χ2n) is 7.37. The zero-order chi connectivity index (χ0) is 19.4. The van der Waals surface area contributed by atoms with E-state index in [0.717, 1.165) is 17.1 Å². The van der Waals surface area contributed by atoms with Crippen LogP contribution in [0.25, 0.3) is 11.3 Å². The van der Waals surface area contributed by atoms with Gasteiger partial charge in [0.15, 0.2) is 5.82 Å². The van der Waals surface area contributed by atoms with E-state index in [1.807, 2.05) is 32.9 Å². The Morgan fingerprint density at radius 1 is 1.07 bits per heavy atom. The number of nitrogens with zero attached hydrogens (tertiary/aromatic N) is 5. The van der Waals surface area contributed by atoms with Gasteiger partial charge in [0, 0.05) is 44.1 Å². The third-order valence-electron chi connectivity index (χ3n) is 4.20. The molecule has 3 rings (SSSR count). The van der Waals surface area contributed by atoms with E-state index >= 15 is 0 Å². The Morgan fingerprint density at radius 2 is 1.70 bits per heavy atom. The first kappa shape index (κ1) is 18.6. The van der Waals surface area contributed by atoms with E-state index in [-0.39, 0.29) is 6.09 Å². The lowest BCUT2D eigenvalue weighted by Crippen LogP contribution is -2.50. The van der Waals surface area contributed by atoms with Crippen LogP contribution in [0, 0.1) is 11.3 Å². The van der Waals surface area contributed by atoms with E-state index in [1.54, 1.807) is 29.4 Å². The van der Waals surface area contributed by atoms with Gasteiger partial charge in [-0.05, 0) is 32.9 Å². The molecule has 0 aliphatic carbocycles. The molecule has 1 amide bonds. The summed E-state index contributed by atoms with van der Waals surface area (Å²) >= 11 is 0. The molecule has 0 atom stereocenters. The summed E-state index contributed by atoms with van der Waals surface area (Å²) in [6.07, 6.45) is 3.05. The van der Waals surface area contributed by atoms with Gasteiger partial charge in [-0.3, -0.25) is 4.98 Å². The largest absolute Gasteiger partial charge is 0.444 e. The van der Waals surface area contributed by atoms with Gasteiger partial charge in [0.05, 0.1) is 11.6 Å². The number of ether oxygens (including phenoxy) is 1. The lowest BCUT2D eigenvalue weighted by Gasteiger charge is -2.36. The van der Waals surface area contributed by atoms with Crippen LogP contribution in [0.2, 0.25) is 0 Å². The Morgan fingerprint density at radius 3 is 2.30 bits per heavy atom. The van der Waals surface area contributed by atoms with Gasteiger partial charge >= 0.3 is 6.09 Å². The zero-order valence-electron chi connectivity index (χ0n) is 15.8. The van der Waals surface area contributed by atoms with E-state index < -0.39 is 5.60 Å². The molecule has 2 heterocycles. The van der Waals surface area contributed by atoms with Crippen molar-refractivity contribution in [1.29, 1.82) is 5.26 Å². The summed E-state index contributed by atoms with van der Waals surface area (Å²) in [6.45, 7) is 8.04. The molecule has 0 unspecified atom stereocenters. The number of hydrogen-bond acceptors (Lipinski definition) is 6. The van der Waals surface area contributed by atoms with Gasteiger partial charge in [-0.1, -0.05) is 12.1 Å². The van der Waals surface area contributed by atoms with E-state index in [2.05, 4.69) is 20.9 Å². The minimum Gasteiger partial charge on any atom is -0.444 e. The summed E-state index contributed by atoms with van der Waals surface area (Å²) in [7, 11) is 0. The van der Waals surface area contributed by atoms with Crippen LogP contribution in [0.3, 0.4) is 0 Å². The highest BCUT2D eigenvalue weighted by molar-refractivity contribution is 5.73. The molecule has 0 radical (unpaired) electrons. The van der Waals surface area contributed by atoms with Gasteiger partial charge in [0.1, 0.15) is 11.3 Å². The fourth-order valence-electron chi connectivity index (χ4n) is 2.90. The number of hydrogen-bond donors (Lipinski definition) is 0. The van der Waals surface area contributed by atoms with Crippen molar-refractivity contribution in [2.75, 3.05) is 31.1 Å². The minimum atomic E-state index is -0.498. The summed E-state index contributed by atoms with van der Waals surface area (Å²) in [6, 6.07) is 9.42. The quantitative estimate of drug-likeness (QED) is 0.813. The number of rotatable bonds is 2. The van der Waals surface area contributed by atoms with Crippen molar-refractivity contribution in [1.82, 2.24) is 14.9 Å². The Hall–Kier alpha value is -3.14. The number of carbonyl (C=O) groups excluding carboxylic acids is 1. The molecule has 2 aromatic rings. The van der Waals surface area contributed by atoms with E-state index in [0.29, 0.717) is 31.7 Å². The summed E-state index contributed by atoms with van der Waals surface area (Å²) < 4.78 is 5.45. The number of anilines is 1. The molecule has 1 aliphatic heterocycles. The van der Waals surface area contributed by atoms with Gasteiger partial charge in [-0.25, -0.2) is 9.78 Å². The molecule has 1 fully saturated rings. The molecule has 7 heteroatoms. The van der Waals surface area contributed by atoms with Crippen molar-refractivity contribution in [3.8, 4) is 17.3 Å². The highest BCUT2D eigenvalue weighted by atomic mass is 16.6. The van der Waals surface area contributed by atoms with Crippen molar-refractivity contribution in [3.63, 3.8) is 0 Å². The summed E-state index contributed by atoms with van der Waals surface area (Å²) in [4.78, 5) is 25.1. The van der Waals surface area contributed by atoms with Crippen LogP contribution < -0.4 is 4.90 Å². The van der Waals surface area contributed by atoms with Gasteiger partial charge in [-0.2, -0.15) is 5.26 Å². The maximum atomic E-state index is 12.2. The maximum Gasteiger partial charge on any atom is 0.410 e. The molecular formula is C20H23N5O2. The molecule has 0 spiro atoms. The highest BCUT2D eigenvalue weighted by Crippen LogP contribution is 2.27. The molecule has 0 bridgehead atoms. The standard InChI is InChI=1S/C20H23N5O2/c1-20(2,3)27-19(26)25-12-10-24(11-13-25)18-17(22-8-9-23-18)16-6-4-15(14-21)5-7-16/h4-9H,10-13H2,1-3H3. The zero-order valence-corrected chi connectivity index (χ0v) is 15.8. The molecule has 140 valence electrons. The Bertz CT molecular complexity index is 844. The first-order valence-electron chi connectivity index (χ1n) is 8.92. The SMILES string of the molecule is CC(C)(C)OC(=O)N1CCN(c2nccnc2-c2ccc(C#N)cc2)CC1. The van der Waals surface area contributed by atoms with E-state index in [1.165, 1.54) is 0 Å². The maximum absolute atomic E-state index is 12.2. The van der Waals surface area contributed by atoms with Crippen LogP contribution in [0.5, 0.6) is 0 Å². The molecule has 1 aliphatic rings. The van der Waals surface area contributed by atoms with Gasteiger partial charge < -0.3 is 14.5 Å². The number of amides is 1. The van der Waals surface area contributed by atoms with E-state index in [9.17, 15) is 4.79 Å². The Balaban J connectivity index is 1.73. The molecule has 1 aromatic carbocycles. The monoisotopic (exact) mass is 365 g/mol. The van der Waals surface area contributed by atoms with Crippen LogP contribution in [0.15, 0.2) is 36.7 Å². The second-order valence-corrected chi connectivity index (χ2v) is 7.37. The lowest BCUT2D eigenvalue weighted by molar-refractivity contribution is 0.0240. The van der Waals surface area contributed by atoms with Crippen molar-refractivity contribution >= 4 is 11.9 Å². The van der Waals surface area contributed by atoms with Crippen LogP contribution in [0.4, 0.5) is 10.6 Å². The number of piperazine rings is 1. The predicted molar refractivity (Wildman–Crippen MR) is 102 cm³/mol. The fraction of sp³-hybridized carbons (Fsp3) is 0.400. The van der Waals surface area contributed by atoms with Crippen molar-refractivity contribution in [2.45, 2.75) is 26.4 Å². The summed E-state index contributed by atoms with van der Waals surface area (Å²) in [5.41, 5.74) is 1.79. The predicted octanol–water partition coefficient (Wildman–Crippen LogP) is 3.07. The molecular weight excluding hydrogens is 342 g/mol. The topological polar surface area (TPSA) is 82.3 Å². The molecule has 0 saturated carbocycles. The van der Waals surface area contributed by atoms with Crippen LogP contribution >= 0.6 is 0 Å². The fourth-order valence-corrected chi connectivity index (χ4v) is 2.90. The molecule has 1 aromatic heterocycles. The van der Waals surface area contributed by atoms with Gasteiger partial charge in [0.2, 0.25) is 0 Å². The highest BCUT2D eigenvalue weighted by Gasteiger charge is 2.27. The summed E-state index contributed by atoms with van der Waals surface area (Å²) in [5, 5.41) is 8.97. The number of carbonyl (C=O) groups is 1. The Labute approximate surface area is 159 Å². The molecule has 7 nitrogen and oxygen atoms in total. The average molecular weight is 365 g/mol. The van der Waals surface area contributed by atoms with Gasteiger partial charge in [0.25, 0.3) is 0 Å². The second kappa shape index (κ2) is 7.62. The average Bonchev–Trinajstić information content (AvgIpc) is 2.67. The molecule has 27 heavy (non-hydrogen) atoms. The number of benzene rings is 1. The van der Waals surface area contributed by atoms with E-state index in [4.69, 9.17) is 10.00 Å². The lowest BCUT2D eigenvalue weighted by atomic mass is 10.1. The first-order valence-corrected chi connectivity index (χ1v) is 8.92. The number of nitriles is 1. The third kappa shape index (κ3) is 4.53. The summed E-state index contributed by atoms with van der Waals surface area (Å²) in [5.74, 6) is 0.783. The van der Waals surface area contributed by atoms with Crippen molar-refractivity contribution in [3.05, 3.63) is 42.2 Å². The normalized spacial score (nSPS) is 14.6. The smallest absolute Gasteiger partial charge is 0.410 e.